The number of hydrogen-bond acceptors (Lipinski definition) is 6. The molecule has 0 amide bonds. The first-order valence-corrected chi connectivity index (χ1v) is 29.3. The number of carbonyl (C=O) groups is 3. The lowest BCUT2D eigenvalue weighted by Gasteiger charge is -2.18. The zero-order valence-electron chi connectivity index (χ0n) is 44.5. The molecule has 0 radical (unpaired) electrons. The summed E-state index contributed by atoms with van der Waals surface area (Å²) in [6, 6.07) is 0. The monoisotopic (exact) mass is 929 g/mol. The van der Waals surface area contributed by atoms with Crippen LogP contribution in [0.4, 0.5) is 0 Å². The Labute approximate surface area is 411 Å². The zero-order valence-corrected chi connectivity index (χ0v) is 44.5. The van der Waals surface area contributed by atoms with Gasteiger partial charge in [-0.3, -0.25) is 14.4 Å². The molecule has 66 heavy (non-hydrogen) atoms. The SMILES string of the molecule is CCC/C=C\CCCCCCCC(=O)OCC(COC(=O)CCCCCCCCCCC/C=C\CCCCCCCC)OC(=O)CCCCCCCCCCCCCCCCCCCCC. The molecule has 0 saturated carbocycles. The fraction of sp³-hybridized carbons (Fsp3) is 0.883. The van der Waals surface area contributed by atoms with E-state index in [4.69, 9.17) is 14.2 Å². The van der Waals surface area contributed by atoms with Crippen molar-refractivity contribution in [3.63, 3.8) is 0 Å². The first kappa shape index (κ1) is 63.9. The minimum absolute atomic E-state index is 0.0708. The van der Waals surface area contributed by atoms with Crippen LogP contribution in [-0.2, 0) is 28.6 Å². The second kappa shape index (κ2) is 55.5. The first-order chi connectivity index (χ1) is 32.5. The molecule has 388 valence electrons. The van der Waals surface area contributed by atoms with Crippen molar-refractivity contribution >= 4 is 17.9 Å². The van der Waals surface area contributed by atoms with Gasteiger partial charge < -0.3 is 14.2 Å². The lowest BCUT2D eigenvalue weighted by Crippen LogP contribution is -2.30. The van der Waals surface area contributed by atoms with Crippen LogP contribution in [0.25, 0.3) is 0 Å². The number of carbonyl (C=O) groups excluding carboxylic acids is 3. The molecule has 0 spiro atoms. The van der Waals surface area contributed by atoms with E-state index in [9.17, 15) is 14.4 Å². The van der Waals surface area contributed by atoms with Crippen molar-refractivity contribution in [1.82, 2.24) is 0 Å². The minimum Gasteiger partial charge on any atom is -0.462 e. The average Bonchev–Trinajstić information content (AvgIpc) is 3.31. The van der Waals surface area contributed by atoms with Crippen molar-refractivity contribution in [2.24, 2.45) is 0 Å². The molecule has 6 nitrogen and oxygen atoms in total. The standard InChI is InChI=1S/C60H112O6/c1-4-7-10-13-16-19-22-24-26-28-30-32-34-36-38-41-44-47-50-53-59(62)65-56-57(55-64-58(61)52-49-46-43-40-21-18-15-12-9-6-3)66-60(63)54-51-48-45-42-39-37-35-33-31-29-27-25-23-20-17-14-11-8-5-2/h12,15,24,26,57H,4-11,13-14,16-23,25,27-56H2,1-3H3/b15-12-,26-24-. The number of esters is 3. The third-order valence-corrected chi connectivity index (χ3v) is 13.2. The summed E-state index contributed by atoms with van der Waals surface area (Å²) >= 11 is 0. The van der Waals surface area contributed by atoms with Crippen molar-refractivity contribution in [3.8, 4) is 0 Å². The van der Waals surface area contributed by atoms with E-state index in [1.807, 2.05) is 0 Å². The fourth-order valence-electron chi connectivity index (χ4n) is 8.74. The molecule has 1 unspecified atom stereocenters. The molecular formula is C60H112O6. The van der Waals surface area contributed by atoms with Gasteiger partial charge in [0.1, 0.15) is 13.2 Å². The molecule has 0 aromatic heterocycles. The van der Waals surface area contributed by atoms with Crippen LogP contribution >= 0.6 is 0 Å². The topological polar surface area (TPSA) is 78.9 Å². The molecule has 0 aliphatic rings. The molecule has 0 aromatic rings. The highest BCUT2D eigenvalue weighted by atomic mass is 16.6. The summed E-state index contributed by atoms with van der Waals surface area (Å²) in [5, 5.41) is 0. The second-order valence-electron chi connectivity index (χ2n) is 19.9. The highest BCUT2D eigenvalue weighted by Crippen LogP contribution is 2.17. The molecule has 0 aromatic carbocycles. The predicted molar refractivity (Wildman–Crippen MR) is 284 cm³/mol. The molecule has 6 heteroatoms. The van der Waals surface area contributed by atoms with Crippen molar-refractivity contribution in [2.45, 2.75) is 329 Å². The lowest BCUT2D eigenvalue weighted by molar-refractivity contribution is -0.167. The fourth-order valence-corrected chi connectivity index (χ4v) is 8.74. The second-order valence-corrected chi connectivity index (χ2v) is 19.9. The quantitative estimate of drug-likeness (QED) is 0.0262. The van der Waals surface area contributed by atoms with Crippen LogP contribution < -0.4 is 0 Å². The Morgan fingerprint density at radius 2 is 0.530 bits per heavy atom. The van der Waals surface area contributed by atoms with Crippen molar-refractivity contribution in [1.29, 1.82) is 0 Å². The number of ether oxygens (including phenoxy) is 3. The van der Waals surface area contributed by atoms with Crippen molar-refractivity contribution in [2.75, 3.05) is 13.2 Å². The maximum Gasteiger partial charge on any atom is 0.306 e. The Balaban J connectivity index is 4.25. The molecule has 0 aliphatic carbocycles. The number of hydrogen-bond donors (Lipinski definition) is 0. The summed E-state index contributed by atoms with van der Waals surface area (Å²) in [5.74, 6) is -0.864. The zero-order chi connectivity index (χ0) is 47.9. The third kappa shape index (κ3) is 52.9. The van der Waals surface area contributed by atoms with Crippen molar-refractivity contribution < 1.29 is 28.6 Å². The van der Waals surface area contributed by atoms with Gasteiger partial charge in [-0.1, -0.05) is 263 Å². The summed E-state index contributed by atoms with van der Waals surface area (Å²) < 4.78 is 16.9. The molecule has 0 aliphatic heterocycles. The van der Waals surface area contributed by atoms with Gasteiger partial charge in [0.25, 0.3) is 0 Å². The van der Waals surface area contributed by atoms with Gasteiger partial charge in [0, 0.05) is 19.3 Å². The van der Waals surface area contributed by atoms with E-state index in [1.165, 1.54) is 212 Å². The van der Waals surface area contributed by atoms with Crippen LogP contribution in [0.2, 0.25) is 0 Å². The maximum absolute atomic E-state index is 12.8. The Bertz CT molecular complexity index is 1070. The van der Waals surface area contributed by atoms with E-state index >= 15 is 0 Å². The van der Waals surface area contributed by atoms with Gasteiger partial charge in [-0.2, -0.15) is 0 Å². The Morgan fingerprint density at radius 1 is 0.288 bits per heavy atom. The minimum atomic E-state index is -0.771. The first-order valence-electron chi connectivity index (χ1n) is 29.3. The highest BCUT2D eigenvalue weighted by Gasteiger charge is 2.19. The number of allylic oxidation sites excluding steroid dienone is 4. The largest absolute Gasteiger partial charge is 0.462 e. The molecular weight excluding hydrogens is 817 g/mol. The maximum atomic E-state index is 12.8. The highest BCUT2D eigenvalue weighted by molar-refractivity contribution is 5.71. The molecule has 1 atom stereocenters. The van der Waals surface area contributed by atoms with Crippen LogP contribution in [0.3, 0.4) is 0 Å². The third-order valence-electron chi connectivity index (χ3n) is 13.2. The van der Waals surface area contributed by atoms with Crippen LogP contribution in [0.15, 0.2) is 24.3 Å². The van der Waals surface area contributed by atoms with Gasteiger partial charge in [-0.25, -0.2) is 0 Å². The molecule has 0 rings (SSSR count). The normalized spacial score (nSPS) is 12.1. The molecule has 0 bridgehead atoms. The van der Waals surface area contributed by atoms with Crippen molar-refractivity contribution in [3.05, 3.63) is 24.3 Å². The summed E-state index contributed by atoms with van der Waals surface area (Å²) in [6.07, 6.45) is 64.6. The van der Waals surface area contributed by atoms with E-state index in [-0.39, 0.29) is 31.1 Å². The van der Waals surface area contributed by atoms with Gasteiger partial charge >= 0.3 is 17.9 Å². The number of rotatable bonds is 54. The molecule has 0 heterocycles. The van der Waals surface area contributed by atoms with E-state index < -0.39 is 6.10 Å². The average molecular weight is 930 g/mol. The van der Waals surface area contributed by atoms with Crippen LogP contribution in [0.1, 0.15) is 323 Å². The Morgan fingerprint density at radius 3 is 0.818 bits per heavy atom. The molecule has 0 saturated heterocycles. The number of unbranched alkanes of at least 4 members (excludes halogenated alkanes) is 39. The van der Waals surface area contributed by atoms with E-state index in [2.05, 4.69) is 45.1 Å². The van der Waals surface area contributed by atoms with Crippen LogP contribution in [0.5, 0.6) is 0 Å². The van der Waals surface area contributed by atoms with E-state index in [0.29, 0.717) is 19.3 Å². The van der Waals surface area contributed by atoms with Crippen LogP contribution in [0, 0.1) is 0 Å². The van der Waals surface area contributed by atoms with Crippen LogP contribution in [-0.4, -0.2) is 37.2 Å². The van der Waals surface area contributed by atoms with Gasteiger partial charge in [-0.15, -0.1) is 0 Å². The summed E-state index contributed by atoms with van der Waals surface area (Å²) in [7, 11) is 0. The van der Waals surface area contributed by atoms with E-state index in [0.717, 1.165) is 70.6 Å². The Kier molecular flexibility index (Phi) is 53.7. The van der Waals surface area contributed by atoms with E-state index in [1.54, 1.807) is 0 Å². The molecule has 0 N–H and O–H groups in total. The summed E-state index contributed by atoms with van der Waals surface area (Å²) in [4.78, 5) is 38.1. The van der Waals surface area contributed by atoms with Gasteiger partial charge in [-0.05, 0) is 64.2 Å². The Hall–Kier alpha value is -2.11. The van der Waals surface area contributed by atoms with Gasteiger partial charge in [0.2, 0.25) is 0 Å². The molecule has 0 fully saturated rings. The van der Waals surface area contributed by atoms with Gasteiger partial charge in [0.05, 0.1) is 0 Å². The van der Waals surface area contributed by atoms with Gasteiger partial charge in [0.15, 0.2) is 6.10 Å². The summed E-state index contributed by atoms with van der Waals surface area (Å²) in [5.41, 5.74) is 0. The smallest absolute Gasteiger partial charge is 0.306 e. The predicted octanol–water partition coefficient (Wildman–Crippen LogP) is 19.5. The lowest BCUT2D eigenvalue weighted by atomic mass is 10.0. The summed E-state index contributed by atoms with van der Waals surface area (Å²) in [6.45, 7) is 6.62.